The predicted molar refractivity (Wildman–Crippen MR) is 275 cm³/mol. The van der Waals surface area contributed by atoms with Gasteiger partial charge in [-0.2, -0.15) is 23.5 Å². The highest BCUT2D eigenvalue weighted by molar-refractivity contribution is 7.99. The summed E-state index contributed by atoms with van der Waals surface area (Å²) in [5, 5.41) is 0. The molecule has 0 spiro atoms. The molecule has 7 nitrogen and oxygen atoms in total. The predicted octanol–water partition coefficient (Wildman–Crippen LogP) is 15.9. The lowest BCUT2D eigenvalue weighted by molar-refractivity contribution is -0.209. The molecule has 1 aliphatic heterocycles. The van der Waals surface area contributed by atoms with E-state index < -0.39 is 11.4 Å². The number of esters is 2. The molecular weight excluding hydrogens is 823 g/mol. The van der Waals surface area contributed by atoms with E-state index in [-0.39, 0.29) is 30.1 Å². The molecule has 0 N–H and O–H groups in total. The van der Waals surface area contributed by atoms with Crippen LogP contribution in [0, 0.1) is 5.92 Å². The third-order valence-corrected chi connectivity index (χ3v) is 15.5. The number of hydrogen-bond donors (Lipinski definition) is 0. The molecule has 374 valence electrons. The number of unbranched alkanes of at least 4 members (excludes halogenated alkanes) is 21. The van der Waals surface area contributed by atoms with Gasteiger partial charge in [-0.15, -0.1) is 0 Å². The number of likely N-dealkylation sites (N-methyl/N-ethyl adjacent to an activating group) is 1. The minimum absolute atomic E-state index is 0.000646. The lowest BCUT2D eigenvalue weighted by Crippen LogP contribution is -2.40. The molecule has 5 unspecified atom stereocenters. The molecule has 1 rings (SSSR count). The minimum atomic E-state index is -0.571. The fraction of sp³-hybridized carbons (Fsp3) is 0.963. The van der Waals surface area contributed by atoms with E-state index in [9.17, 15) is 9.59 Å². The maximum Gasteiger partial charge on any atom is 0.306 e. The molecular formula is C54H105NO6S2. The monoisotopic (exact) mass is 928 g/mol. The number of carbonyl (C=O) groups excluding carboxylic acids is 2. The number of thioether (sulfide) groups is 2. The average molecular weight is 929 g/mol. The smallest absolute Gasteiger partial charge is 0.306 e. The Bertz CT molecular complexity index is 1070. The topological polar surface area (TPSA) is 74.3 Å². The third kappa shape index (κ3) is 32.8. The van der Waals surface area contributed by atoms with Gasteiger partial charge in [0.1, 0.15) is 11.7 Å². The van der Waals surface area contributed by atoms with E-state index in [1.54, 1.807) is 0 Å². The fourth-order valence-electron chi connectivity index (χ4n) is 8.92. The molecule has 1 fully saturated rings. The van der Waals surface area contributed by atoms with Gasteiger partial charge in [0.25, 0.3) is 0 Å². The number of carbonyl (C=O) groups is 2. The van der Waals surface area contributed by atoms with E-state index in [2.05, 4.69) is 60.5 Å². The highest BCUT2D eigenvalue weighted by atomic mass is 32.2. The Kier molecular flexibility index (Phi) is 39.0. The van der Waals surface area contributed by atoms with Crippen molar-refractivity contribution in [2.45, 2.75) is 277 Å². The van der Waals surface area contributed by atoms with Gasteiger partial charge in [-0.1, -0.05) is 163 Å². The van der Waals surface area contributed by atoms with E-state index in [1.807, 2.05) is 23.5 Å². The molecule has 0 saturated carbocycles. The molecule has 0 aromatic carbocycles. The van der Waals surface area contributed by atoms with Crippen LogP contribution in [0.5, 0.6) is 0 Å². The van der Waals surface area contributed by atoms with Crippen molar-refractivity contribution in [3.8, 4) is 0 Å². The van der Waals surface area contributed by atoms with E-state index >= 15 is 0 Å². The summed E-state index contributed by atoms with van der Waals surface area (Å²) in [5.41, 5.74) is -0.431. The van der Waals surface area contributed by atoms with Crippen molar-refractivity contribution < 1.29 is 28.5 Å². The molecule has 1 saturated heterocycles. The summed E-state index contributed by atoms with van der Waals surface area (Å²) in [4.78, 5) is 28.3. The van der Waals surface area contributed by atoms with Gasteiger partial charge >= 0.3 is 11.9 Å². The second kappa shape index (κ2) is 40.6. The van der Waals surface area contributed by atoms with Crippen LogP contribution in [0.3, 0.4) is 0 Å². The minimum Gasteiger partial charge on any atom is -0.461 e. The average Bonchev–Trinajstić information content (AvgIpc) is 3.66. The molecule has 5 atom stereocenters. The van der Waals surface area contributed by atoms with E-state index in [4.69, 9.17) is 18.9 Å². The zero-order valence-corrected chi connectivity index (χ0v) is 44.7. The molecule has 0 aliphatic carbocycles. The van der Waals surface area contributed by atoms with Gasteiger partial charge in [-0.3, -0.25) is 9.59 Å². The molecule has 0 radical (unpaired) electrons. The first-order valence-corrected chi connectivity index (χ1v) is 29.4. The van der Waals surface area contributed by atoms with Crippen LogP contribution in [-0.4, -0.2) is 90.7 Å². The first kappa shape index (κ1) is 60.5. The lowest BCUT2D eigenvalue weighted by atomic mass is 9.88. The number of hydrogen-bond acceptors (Lipinski definition) is 9. The quantitative estimate of drug-likeness (QED) is 0.0438. The molecule has 63 heavy (non-hydrogen) atoms. The van der Waals surface area contributed by atoms with Gasteiger partial charge in [-0.05, 0) is 96.7 Å². The Morgan fingerprint density at radius 3 is 1.75 bits per heavy atom. The van der Waals surface area contributed by atoms with Gasteiger partial charge < -0.3 is 23.8 Å². The molecule has 1 heterocycles. The maximum absolute atomic E-state index is 13.1. The fourth-order valence-corrected chi connectivity index (χ4v) is 11.2. The van der Waals surface area contributed by atoms with Crippen LogP contribution >= 0.6 is 23.5 Å². The van der Waals surface area contributed by atoms with Crippen LogP contribution in [0.15, 0.2) is 0 Å². The second-order valence-electron chi connectivity index (χ2n) is 19.9. The highest BCUT2D eigenvalue weighted by Crippen LogP contribution is 2.39. The summed E-state index contributed by atoms with van der Waals surface area (Å²) in [5.74, 6) is 3.73. The summed E-state index contributed by atoms with van der Waals surface area (Å²) >= 11 is 3.93. The molecule has 9 heteroatoms. The van der Waals surface area contributed by atoms with Crippen LogP contribution in [0.4, 0.5) is 0 Å². The summed E-state index contributed by atoms with van der Waals surface area (Å²) in [6.45, 7) is 15.0. The van der Waals surface area contributed by atoms with Crippen LogP contribution in [0.2, 0.25) is 0 Å². The molecule has 0 aromatic heterocycles. The summed E-state index contributed by atoms with van der Waals surface area (Å²) in [6.07, 6.45) is 37.2. The van der Waals surface area contributed by atoms with Crippen molar-refractivity contribution in [2.24, 2.45) is 5.92 Å². The Morgan fingerprint density at radius 1 is 0.651 bits per heavy atom. The molecule has 1 aliphatic rings. The van der Waals surface area contributed by atoms with Crippen LogP contribution in [-0.2, 0) is 28.5 Å². The summed E-state index contributed by atoms with van der Waals surface area (Å²) < 4.78 is 26.1. The summed E-state index contributed by atoms with van der Waals surface area (Å²) in [7, 11) is 4.21. The van der Waals surface area contributed by atoms with Gasteiger partial charge in [-0.25, -0.2) is 0 Å². The van der Waals surface area contributed by atoms with Crippen molar-refractivity contribution in [1.82, 2.24) is 4.90 Å². The SMILES string of the molecule is CCCCCCCCCC(=O)OC(CCCCCC1(C(C)CCCCC(C)(CSCCCCCC)OC(=O)CCCCCCCCC)OCC(CN(C)C)O1)CSCCCCCC. The lowest BCUT2D eigenvalue weighted by Gasteiger charge is -2.35. The van der Waals surface area contributed by atoms with Gasteiger partial charge in [0, 0.05) is 43.2 Å². The second-order valence-corrected chi connectivity index (χ2v) is 22.2. The first-order valence-electron chi connectivity index (χ1n) is 27.1. The third-order valence-electron chi connectivity index (χ3n) is 13.0. The van der Waals surface area contributed by atoms with Gasteiger partial charge in [0.15, 0.2) is 5.79 Å². The van der Waals surface area contributed by atoms with E-state index in [1.165, 1.54) is 116 Å². The maximum atomic E-state index is 13.1. The Labute approximate surface area is 400 Å². The van der Waals surface area contributed by atoms with Crippen molar-refractivity contribution in [1.29, 1.82) is 0 Å². The Hall–Kier alpha value is -0.480. The van der Waals surface area contributed by atoms with Crippen LogP contribution in [0.1, 0.15) is 253 Å². The largest absolute Gasteiger partial charge is 0.461 e. The number of ether oxygens (including phenoxy) is 4. The Balaban J connectivity index is 2.77. The van der Waals surface area contributed by atoms with Gasteiger partial charge in [0.2, 0.25) is 0 Å². The molecule has 0 bridgehead atoms. The standard InChI is InChI=1S/C54H105NO6S2/c1-9-13-17-21-23-25-29-38-51(56)59-49(46-62-42-34-19-15-11-3)37-28-27-32-41-54(58-45-50(60-54)44-55(7)8)48(5)36-31-33-40-53(6,47-63-43-35-20-16-12-4)61-52(57)39-30-26-24-22-18-14-10-2/h48-50H,9-47H2,1-8H3. The number of nitrogens with zero attached hydrogens (tertiary/aromatic N) is 1. The zero-order valence-electron chi connectivity index (χ0n) is 43.0. The van der Waals surface area contributed by atoms with Crippen LogP contribution in [0.25, 0.3) is 0 Å². The van der Waals surface area contributed by atoms with Crippen molar-refractivity contribution in [3.63, 3.8) is 0 Å². The van der Waals surface area contributed by atoms with E-state index in [0.29, 0.717) is 19.4 Å². The van der Waals surface area contributed by atoms with Gasteiger partial charge in [0.05, 0.1) is 12.7 Å². The molecule has 0 aromatic rings. The highest BCUT2D eigenvalue weighted by Gasteiger charge is 2.45. The Morgan fingerprint density at radius 2 is 1.16 bits per heavy atom. The van der Waals surface area contributed by atoms with Crippen LogP contribution < -0.4 is 0 Å². The molecule has 0 amide bonds. The van der Waals surface area contributed by atoms with Crippen molar-refractivity contribution >= 4 is 35.5 Å². The van der Waals surface area contributed by atoms with Crippen molar-refractivity contribution in [3.05, 3.63) is 0 Å². The first-order chi connectivity index (χ1) is 30.5. The zero-order chi connectivity index (χ0) is 46.3. The number of rotatable bonds is 46. The normalized spacial score (nSPS) is 18.5. The summed E-state index contributed by atoms with van der Waals surface area (Å²) in [6, 6.07) is 0. The van der Waals surface area contributed by atoms with E-state index in [0.717, 1.165) is 113 Å². The van der Waals surface area contributed by atoms with Crippen molar-refractivity contribution in [2.75, 3.05) is 50.3 Å².